The van der Waals surface area contributed by atoms with E-state index in [0.29, 0.717) is 5.56 Å². The average molecular weight is 420 g/mol. The van der Waals surface area contributed by atoms with Gasteiger partial charge < -0.3 is 4.74 Å². The van der Waals surface area contributed by atoms with E-state index in [-0.39, 0.29) is 10.6 Å². The van der Waals surface area contributed by atoms with Gasteiger partial charge >= 0.3 is 6.36 Å². The van der Waals surface area contributed by atoms with Crippen molar-refractivity contribution in [3.63, 3.8) is 0 Å². The molecule has 29 heavy (non-hydrogen) atoms. The third-order valence-electron chi connectivity index (χ3n) is 3.62. The quantitative estimate of drug-likeness (QED) is 0.613. The molecule has 0 unspecified atom stereocenters. The van der Waals surface area contributed by atoms with Crippen molar-refractivity contribution in [2.75, 3.05) is 4.72 Å². The molecule has 3 aromatic rings. The summed E-state index contributed by atoms with van der Waals surface area (Å²) in [6.07, 6.45) is 0.272. The molecule has 0 saturated heterocycles. The Labute approximate surface area is 165 Å². The van der Waals surface area contributed by atoms with E-state index >= 15 is 0 Å². The molecule has 1 N–H and O–H groups in total. The summed E-state index contributed by atoms with van der Waals surface area (Å²) in [4.78, 5) is 3.81. The second-order valence-electron chi connectivity index (χ2n) is 5.84. The number of rotatable bonds is 6. The lowest BCUT2D eigenvalue weighted by molar-refractivity contribution is -0.274. The number of pyridine rings is 1. The van der Waals surface area contributed by atoms with Gasteiger partial charge in [-0.25, -0.2) is 8.42 Å². The third-order valence-corrected chi connectivity index (χ3v) is 5.00. The maximum Gasteiger partial charge on any atom is 0.573 e. The Morgan fingerprint density at radius 1 is 0.931 bits per heavy atom. The van der Waals surface area contributed by atoms with E-state index in [9.17, 15) is 21.6 Å². The first-order valence-corrected chi connectivity index (χ1v) is 9.77. The minimum Gasteiger partial charge on any atom is -0.406 e. The number of aromatic nitrogens is 1. The molecule has 0 bridgehead atoms. The van der Waals surface area contributed by atoms with E-state index in [1.54, 1.807) is 42.6 Å². The van der Waals surface area contributed by atoms with Crippen molar-refractivity contribution in [1.29, 1.82) is 0 Å². The van der Waals surface area contributed by atoms with Crippen molar-refractivity contribution in [3.8, 4) is 5.75 Å². The Balaban J connectivity index is 1.79. The highest BCUT2D eigenvalue weighted by Crippen LogP contribution is 2.26. The molecule has 0 atom stereocenters. The summed E-state index contributed by atoms with van der Waals surface area (Å²) in [5, 5.41) is 0. The highest BCUT2D eigenvalue weighted by atomic mass is 32.2. The van der Waals surface area contributed by atoms with Crippen LogP contribution in [0.2, 0.25) is 0 Å². The fraction of sp³-hybridized carbons (Fsp3) is 0.0500. The van der Waals surface area contributed by atoms with Gasteiger partial charge in [0.25, 0.3) is 10.0 Å². The number of nitrogens with zero attached hydrogens (tertiary/aromatic N) is 1. The van der Waals surface area contributed by atoms with Crippen molar-refractivity contribution in [3.05, 3.63) is 84.2 Å². The maximum atomic E-state index is 12.5. The van der Waals surface area contributed by atoms with Gasteiger partial charge in [0.15, 0.2) is 0 Å². The molecule has 5 nitrogen and oxygen atoms in total. The third kappa shape index (κ3) is 6.08. The lowest BCUT2D eigenvalue weighted by atomic mass is 10.2. The van der Waals surface area contributed by atoms with Crippen molar-refractivity contribution >= 4 is 27.9 Å². The van der Waals surface area contributed by atoms with Gasteiger partial charge in [0.2, 0.25) is 0 Å². The van der Waals surface area contributed by atoms with E-state index in [4.69, 9.17) is 0 Å². The van der Waals surface area contributed by atoms with Crippen LogP contribution in [-0.4, -0.2) is 19.8 Å². The zero-order chi connectivity index (χ0) is 20.9. The van der Waals surface area contributed by atoms with Crippen molar-refractivity contribution in [1.82, 2.24) is 4.98 Å². The smallest absolute Gasteiger partial charge is 0.406 e. The Hall–Kier alpha value is -3.33. The highest BCUT2D eigenvalue weighted by molar-refractivity contribution is 7.92. The molecule has 0 spiro atoms. The molecule has 2 aromatic carbocycles. The van der Waals surface area contributed by atoms with Gasteiger partial charge in [0.05, 0.1) is 10.6 Å². The Morgan fingerprint density at radius 2 is 1.72 bits per heavy atom. The second-order valence-corrected chi connectivity index (χ2v) is 7.52. The normalized spacial score (nSPS) is 12.1. The summed E-state index contributed by atoms with van der Waals surface area (Å²) in [5.74, 6) is -0.618. The first kappa shape index (κ1) is 20.4. The molecule has 0 fully saturated rings. The van der Waals surface area contributed by atoms with Gasteiger partial charge in [0, 0.05) is 18.0 Å². The van der Waals surface area contributed by atoms with Crippen molar-refractivity contribution < 1.29 is 26.3 Å². The fourth-order valence-electron chi connectivity index (χ4n) is 2.41. The molecule has 0 aliphatic carbocycles. The van der Waals surface area contributed by atoms with Gasteiger partial charge in [-0.3, -0.25) is 9.71 Å². The summed E-state index contributed by atoms with van der Waals surface area (Å²) >= 11 is 0. The van der Waals surface area contributed by atoms with Crippen LogP contribution >= 0.6 is 0 Å². The predicted molar refractivity (Wildman–Crippen MR) is 104 cm³/mol. The highest BCUT2D eigenvalue weighted by Gasteiger charge is 2.31. The fourth-order valence-corrected chi connectivity index (χ4v) is 3.50. The van der Waals surface area contributed by atoms with Gasteiger partial charge in [-0.2, -0.15) is 0 Å². The molecule has 0 radical (unpaired) electrons. The summed E-state index contributed by atoms with van der Waals surface area (Å²) in [6, 6.07) is 16.2. The van der Waals surface area contributed by atoms with Gasteiger partial charge in [-0.15, -0.1) is 13.2 Å². The van der Waals surface area contributed by atoms with Crippen molar-refractivity contribution in [2.45, 2.75) is 11.3 Å². The molecule has 1 heterocycles. The second kappa shape index (κ2) is 8.36. The van der Waals surface area contributed by atoms with Crippen LogP contribution in [0.1, 0.15) is 11.3 Å². The Kier molecular flexibility index (Phi) is 5.88. The number of anilines is 1. The number of benzene rings is 2. The molecular weight excluding hydrogens is 405 g/mol. The molecular formula is C20H15F3N2O3S. The number of hydrogen-bond acceptors (Lipinski definition) is 4. The molecule has 3 rings (SSSR count). The lowest BCUT2D eigenvalue weighted by Gasteiger charge is -2.12. The van der Waals surface area contributed by atoms with Crippen molar-refractivity contribution in [2.24, 2.45) is 0 Å². The molecule has 0 saturated carbocycles. The Bertz CT molecular complexity index is 1120. The van der Waals surface area contributed by atoms with E-state index in [1.807, 2.05) is 12.1 Å². The number of ether oxygens (including phenoxy) is 1. The first-order valence-electron chi connectivity index (χ1n) is 8.29. The summed E-state index contributed by atoms with van der Waals surface area (Å²) in [6.45, 7) is 0. The van der Waals surface area contributed by atoms with Crippen LogP contribution in [0.3, 0.4) is 0 Å². The molecule has 9 heteroatoms. The van der Waals surface area contributed by atoms with E-state index in [1.165, 1.54) is 18.2 Å². The predicted octanol–water partition coefficient (Wildman–Crippen LogP) is 4.95. The van der Waals surface area contributed by atoms with Crippen LogP contribution < -0.4 is 9.46 Å². The number of nitrogens with one attached hydrogen (secondary N) is 1. The summed E-state index contributed by atoms with van der Waals surface area (Å²) in [5.41, 5.74) is 1.71. The minimum atomic E-state index is -4.91. The van der Waals surface area contributed by atoms with Crippen LogP contribution in [0.25, 0.3) is 12.2 Å². The van der Waals surface area contributed by atoms with Crippen LogP contribution in [0.4, 0.5) is 18.9 Å². The zero-order valence-corrected chi connectivity index (χ0v) is 15.6. The number of sulfonamides is 1. The first-order chi connectivity index (χ1) is 13.7. The van der Waals surface area contributed by atoms with E-state index in [2.05, 4.69) is 14.4 Å². The minimum absolute atomic E-state index is 0.260. The molecule has 1 aromatic heterocycles. The lowest BCUT2D eigenvalue weighted by Crippen LogP contribution is -2.18. The molecule has 0 aliphatic heterocycles. The standard InChI is InChI=1S/C20H15F3N2O3S/c21-20(22,23)28-18-8-4-9-19(14-18)29(26,27)25-17-7-3-5-15(13-17)10-11-16-6-1-2-12-24-16/h1-14,25H/b11-10+. The van der Waals surface area contributed by atoms with Gasteiger partial charge in [0.1, 0.15) is 5.75 Å². The monoisotopic (exact) mass is 420 g/mol. The topological polar surface area (TPSA) is 68.3 Å². The molecule has 0 amide bonds. The Morgan fingerprint density at radius 3 is 2.45 bits per heavy atom. The summed E-state index contributed by atoms with van der Waals surface area (Å²) in [7, 11) is -4.11. The van der Waals surface area contributed by atoms with Gasteiger partial charge in [-0.05, 0) is 48.0 Å². The largest absolute Gasteiger partial charge is 0.573 e. The van der Waals surface area contributed by atoms with Gasteiger partial charge in [-0.1, -0.05) is 30.3 Å². The average Bonchev–Trinajstić information content (AvgIpc) is 2.66. The molecule has 150 valence electrons. The number of hydrogen-bond donors (Lipinski definition) is 1. The van der Waals surface area contributed by atoms with E-state index in [0.717, 1.165) is 17.8 Å². The number of halogens is 3. The molecule has 0 aliphatic rings. The zero-order valence-electron chi connectivity index (χ0n) is 14.8. The summed E-state index contributed by atoms with van der Waals surface area (Å²) < 4.78 is 68.3. The van der Waals surface area contributed by atoms with Crippen LogP contribution in [0.5, 0.6) is 5.75 Å². The maximum absolute atomic E-state index is 12.5. The number of alkyl halides is 3. The van der Waals surface area contributed by atoms with Crippen LogP contribution in [0.15, 0.2) is 77.8 Å². The van der Waals surface area contributed by atoms with Crippen LogP contribution in [0, 0.1) is 0 Å². The van der Waals surface area contributed by atoms with E-state index < -0.39 is 22.1 Å². The SMILES string of the molecule is O=S(=O)(Nc1cccc(/C=C/c2ccccn2)c1)c1cccc(OC(F)(F)F)c1. The van der Waals surface area contributed by atoms with Crippen LogP contribution in [-0.2, 0) is 10.0 Å².